The summed E-state index contributed by atoms with van der Waals surface area (Å²) in [7, 11) is 0. The van der Waals surface area contributed by atoms with Crippen LogP contribution < -0.4 is 10.6 Å². The Morgan fingerprint density at radius 1 is 1.00 bits per heavy atom. The molecule has 0 spiro atoms. The van der Waals surface area contributed by atoms with Crippen molar-refractivity contribution >= 4 is 17.8 Å². The predicted molar refractivity (Wildman–Crippen MR) is 127 cm³/mol. The molecule has 7 nitrogen and oxygen atoms in total. The molecule has 2 aromatic carbocycles. The Kier molecular flexibility index (Phi) is 7.66. The van der Waals surface area contributed by atoms with Gasteiger partial charge in [0.2, 0.25) is 5.91 Å². The second kappa shape index (κ2) is 10.6. The largest absolute Gasteiger partial charge is 0.508 e. The van der Waals surface area contributed by atoms with Crippen LogP contribution in [0, 0.1) is 0 Å². The third kappa shape index (κ3) is 7.07. The number of phenols is 1. The molecule has 0 aliphatic rings. The summed E-state index contributed by atoms with van der Waals surface area (Å²) >= 11 is 0. The summed E-state index contributed by atoms with van der Waals surface area (Å²) in [4.78, 5) is 29.6. The minimum Gasteiger partial charge on any atom is -0.508 e. The number of aromatic nitrogens is 1. The molecular formula is C26H29N3O4. The Morgan fingerprint density at radius 3 is 2.39 bits per heavy atom. The summed E-state index contributed by atoms with van der Waals surface area (Å²) in [5.74, 6) is 0.153. The van der Waals surface area contributed by atoms with Gasteiger partial charge in [-0.1, -0.05) is 69.3 Å². The molecule has 2 amide bonds. The molecule has 172 valence electrons. The summed E-state index contributed by atoms with van der Waals surface area (Å²) in [5.41, 5.74) is 2.11. The van der Waals surface area contributed by atoms with Gasteiger partial charge in [0.25, 0.3) is 0 Å². The number of pyridine rings is 1. The third-order valence-corrected chi connectivity index (χ3v) is 5.05. The van der Waals surface area contributed by atoms with E-state index >= 15 is 0 Å². The number of phenolic OH excluding ortho intramolecular Hbond substituents is 1. The van der Waals surface area contributed by atoms with E-state index in [2.05, 4.69) is 15.6 Å². The number of benzene rings is 2. The van der Waals surface area contributed by atoms with Gasteiger partial charge < -0.3 is 20.5 Å². The van der Waals surface area contributed by atoms with Gasteiger partial charge in [0.05, 0.1) is 0 Å². The van der Waals surface area contributed by atoms with Crippen LogP contribution in [0.5, 0.6) is 5.75 Å². The average molecular weight is 448 g/mol. The molecule has 1 atom stereocenters. The van der Waals surface area contributed by atoms with Crippen LogP contribution in [0.25, 0.3) is 0 Å². The maximum atomic E-state index is 13.0. The van der Waals surface area contributed by atoms with Crippen LogP contribution in [-0.2, 0) is 28.0 Å². The van der Waals surface area contributed by atoms with Crippen molar-refractivity contribution in [1.29, 1.82) is 0 Å². The van der Waals surface area contributed by atoms with Gasteiger partial charge >= 0.3 is 6.09 Å². The number of nitrogens with one attached hydrogen (secondary N) is 2. The first kappa shape index (κ1) is 23.8. The SMILES string of the molecule is CC(C)(C)c1cc(C[C@H](NC(=O)OCc2ccccc2)C(=O)Nc2ccccn2)ccc1O. The molecule has 3 rings (SSSR count). The van der Waals surface area contributed by atoms with Crippen LogP contribution in [0.15, 0.2) is 72.9 Å². The van der Waals surface area contributed by atoms with Crippen LogP contribution in [0.1, 0.15) is 37.5 Å². The van der Waals surface area contributed by atoms with Crippen molar-refractivity contribution in [3.63, 3.8) is 0 Å². The fourth-order valence-electron chi connectivity index (χ4n) is 3.31. The Hall–Kier alpha value is -3.87. The lowest BCUT2D eigenvalue weighted by molar-refractivity contribution is -0.118. The maximum absolute atomic E-state index is 13.0. The van der Waals surface area contributed by atoms with E-state index in [-0.39, 0.29) is 24.2 Å². The fourth-order valence-corrected chi connectivity index (χ4v) is 3.31. The van der Waals surface area contributed by atoms with E-state index in [9.17, 15) is 14.7 Å². The number of rotatable bonds is 7. The standard InChI is InChI=1S/C26H29N3O4/c1-26(2,3)20-15-19(12-13-22(20)30)16-21(24(31)29-23-11-7-8-14-27-23)28-25(32)33-17-18-9-5-4-6-10-18/h4-15,21,30H,16-17H2,1-3H3,(H,28,32)(H,27,29,31)/t21-/m0/s1. The Balaban J connectivity index is 1.76. The van der Waals surface area contributed by atoms with Crippen molar-refractivity contribution < 1.29 is 19.4 Å². The Bertz CT molecular complexity index is 1080. The number of carbonyl (C=O) groups excluding carboxylic acids is 2. The van der Waals surface area contributed by atoms with E-state index in [4.69, 9.17) is 4.74 Å². The lowest BCUT2D eigenvalue weighted by Crippen LogP contribution is -2.45. The highest BCUT2D eigenvalue weighted by Gasteiger charge is 2.24. The van der Waals surface area contributed by atoms with Gasteiger partial charge in [-0.25, -0.2) is 9.78 Å². The normalized spacial score (nSPS) is 12.0. The number of anilines is 1. The maximum Gasteiger partial charge on any atom is 0.408 e. The Morgan fingerprint density at radius 2 is 1.73 bits per heavy atom. The second-order valence-corrected chi connectivity index (χ2v) is 8.77. The molecule has 3 N–H and O–H groups in total. The summed E-state index contributed by atoms with van der Waals surface area (Å²) in [6, 6.07) is 18.8. The van der Waals surface area contributed by atoms with Crippen molar-refractivity contribution in [2.45, 2.75) is 45.3 Å². The number of nitrogens with zero attached hydrogens (tertiary/aromatic N) is 1. The Labute approximate surface area is 193 Å². The molecule has 0 bridgehead atoms. The molecule has 1 heterocycles. The smallest absolute Gasteiger partial charge is 0.408 e. The number of amides is 2. The summed E-state index contributed by atoms with van der Waals surface area (Å²) in [6.45, 7) is 6.08. The highest BCUT2D eigenvalue weighted by atomic mass is 16.5. The number of ether oxygens (including phenoxy) is 1. The number of hydrogen-bond acceptors (Lipinski definition) is 5. The highest BCUT2D eigenvalue weighted by Crippen LogP contribution is 2.31. The van der Waals surface area contributed by atoms with Crippen molar-refractivity contribution in [2.75, 3.05) is 5.32 Å². The lowest BCUT2D eigenvalue weighted by Gasteiger charge is -2.23. The van der Waals surface area contributed by atoms with E-state index in [1.54, 1.807) is 36.5 Å². The third-order valence-electron chi connectivity index (χ3n) is 5.05. The monoisotopic (exact) mass is 447 g/mol. The van der Waals surface area contributed by atoms with Crippen molar-refractivity contribution in [2.24, 2.45) is 0 Å². The van der Waals surface area contributed by atoms with Crippen molar-refractivity contribution in [3.8, 4) is 5.75 Å². The van der Waals surface area contributed by atoms with Crippen LogP contribution >= 0.6 is 0 Å². The van der Waals surface area contributed by atoms with Gasteiger partial charge in [-0.3, -0.25) is 4.79 Å². The lowest BCUT2D eigenvalue weighted by atomic mass is 9.84. The van der Waals surface area contributed by atoms with Crippen LogP contribution in [-0.4, -0.2) is 28.1 Å². The van der Waals surface area contributed by atoms with Gasteiger partial charge in [0, 0.05) is 12.6 Å². The van der Waals surface area contributed by atoms with Gasteiger partial charge in [-0.05, 0) is 40.3 Å². The number of aromatic hydroxyl groups is 1. The zero-order chi connectivity index (χ0) is 23.8. The molecule has 0 fully saturated rings. The quantitative estimate of drug-likeness (QED) is 0.493. The minimum absolute atomic E-state index is 0.0919. The number of hydrogen-bond donors (Lipinski definition) is 3. The zero-order valence-electron chi connectivity index (χ0n) is 19.0. The number of carbonyl (C=O) groups is 2. The number of alkyl carbamates (subject to hydrolysis) is 1. The van der Waals surface area contributed by atoms with Gasteiger partial charge in [0.15, 0.2) is 0 Å². The van der Waals surface area contributed by atoms with Gasteiger partial charge in [-0.2, -0.15) is 0 Å². The second-order valence-electron chi connectivity index (χ2n) is 8.77. The minimum atomic E-state index is -0.910. The van der Waals surface area contributed by atoms with Crippen LogP contribution in [0.3, 0.4) is 0 Å². The summed E-state index contributed by atoms with van der Waals surface area (Å²) in [6.07, 6.45) is 1.08. The average Bonchev–Trinajstić information content (AvgIpc) is 2.79. The molecule has 0 aliphatic heterocycles. The van der Waals surface area contributed by atoms with Crippen molar-refractivity contribution in [3.05, 3.63) is 89.6 Å². The molecular weight excluding hydrogens is 418 g/mol. The fraction of sp³-hybridized carbons (Fsp3) is 0.269. The molecule has 0 unspecified atom stereocenters. The zero-order valence-corrected chi connectivity index (χ0v) is 19.0. The molecule has 33 heavy (non-hydrogen) atoms. The highest BCUT2D eigenvalue weighted by molar-refractivity contribution is 5.96. The first-order chi connectivity index (χ1) is 15.7. The molecule has 0 saturated carbocycles. The van der Waals surface area contributed by atoms with Gasteiger partial charge in [-0.15, -0.1) is 0 Å². The molecule has 0 saturated heterocycles. The molecule has 3 aromatic rings. The van der Waals surface area contributed by atoms with Crippen LogP contribution in [0.4, 0.5) is 10.6 Å². The van der Waals surface area contributed by atoms with Gasteiger partial charge in [0.1, 0.15) is 24.2 Å². The molecule has 0 radical (unpaired) electrons. The van der Waals surface area contributed by atoms with E-state index in [0.717, 1.165) is 16.7 Å². The van der Waals surface area contributed by atoms with Crippen LogP contribution in [0.2, 0.25) is 0 Å². The van der Waals surface area contributed by atoms with Crippen molar-refractivity contribution in [1.82, 2.24) is 10.3 Å². The first-order valence-corrected chi connectivity index (χ1v) is 10.7. The first-order valence-electron chi connectivity index (χ1n) is 10.7. The predicted octanol–water partition coefficient (Wildman–Crippen LogP) is 4.56. The topological polar surface area (TPSA) is 101 Å². The molecule has 0 aliphatic carbocycles. The summed E-state index contributed by atoms with van der Waals surface area (Å²) < 4.78 is 5.31. The van der Waals surface area contributed by atoms with E-state index in [1.807, 2.05) is 57.2 Å². The van der Waals surface area contributed by atoms with E-state index in [1.165, 1.54) is 0 Å². The van der Waals surface area contributed by atoms with E-state index in [0.29, 0.717) is 5.82 Å². The summed E-state index contributed by atoms with van der Waals surface area (Å²) in [5, 5.41) is 15.6. The molecule has 7 heteroatoms. The van der Waals surface area contributed by atoms with E-state index < -0.39 is 18.0 Å². The molecule has 1 aromatic heterocycles.